The minimum atomic E-state index is 0.389. The van der Waals surface area contributed by atoms with E-state index in [2.05, 4.69) is 109 Å². The first kappa shape index (κ1) is 19.5. The summed E-state index contributed by atoms with van der Waals surface area (Å²) < 4.78 is 2.39. The minimum Gasteiger partial charge on any atom is -0.343 e. The van der Waals surface area contributed by atoms with Crippen molar-refractivity contribution in [1.29, 1.82) is 0 Å². The van der Waals surface area contributed by atoms with Gasteiger partial charge in [-0.3, -0.25) is 0 Å². The summed E-state index contributed by atoms with van der Waals surface area (Å²) in [6, 6.07) is 28.6. The molecule has 29 heavy (non-hydrogen) atoms. The van der Waals surface area contributed by atoms with Crippen LogP contribution in [0.4, 0.5) is 0 Å². The highest BCUT2D eigenvalue weighted by molar-refractivity contribution is 5.84. The van der Waals surface area contributed by atoms with Crippen LogP contribution in [0.2, 0.25) is 0 Å². The van der Waals surface area contributed by atoms with Gasteiger partial charge in [0.1, 0.15) is 0 Å². The summed E-state index contributed by atoms with van der Waals surface area (Å²) in [6.45, 7) is 6.23. The van der Waals surface area contributed by atoms with E-state index in [-0.39, 0.29) is 0 Å². The fourth-order valence-electron chi connectivity index (χ4n) is 4.16. The molecule has 148 valence electrons. The summed E-state index contributed by atoms with van der Waals surface area (Å²) in [7, 11) is 0. The lowest BCUT2D eigenvalue weighted by Crippen LogP contribution is -2.20. The van der Waals surface area contributed by atoms with E-state index in [9.17, 15) is 0 Å². The molecule has 3 aromatic carbocycles. The third-order valence-electron chi connectivity index (χ3n) is 5.79. The summed E-state index contributed by atoms with van der Waals surface area (Å²) in [5.74, 6) is 0. The van der Waals surface area contributed by atoms with Gasteiger partial charge in [0, 0.05) is 36.2 Å². The molecule has 4 aromatic rings. The average Bonchev–Trinajstić information content (AvgIpc) is 3.11. The van der Waals surface area contributed by atoms with Crippen molar-refractivity contribution in [3.05, 3.63) is 107 Å². The highest BCUT2D eigenvalue weighted by atomic mass is 15.0. The first-order chi connectivity index (χ1) is 14.3. The molecule has 0 radical (unpaired) electrons. The molecule has 0 fully saturated rings. The summed E-state index contributed by atoms with van der Waals surface area (Å²) in [5, 5.41) is 5.16. The van der Waals surface area contributed by atoms with Crippen molar-refractivity contribution in [1.82, 2.24) is 9.88 Å². The van der Waals surface area contributed by atoms with E-state index in [1.54, 1.807) is 0 Å². The Morgan fingerprint density at radius 3 is 2.34 bits per heavy atom. The molecule has 0 aliphatic rings. The zero-order valence-electron chi connectivity index (χ0n) is 17.4. The highest BCUT2D eigenvalue weighted by Gasteiger charge is 2.13. The second-order valence-electron chi connectivity index (χ2n) is 7.86. The van der Waals surface area contributed by atoms with Crippen LogP contribution in [0.15, 0.2) is 85.1 Å². The van der Waals surface area contributed by atoms with Gasteiger partial charge < -0.3 is 9.88 Å². The van der Waals surface area contributed by atoms with Crippen LogP contribution >= 0.6 is 0 Å². The third-order valence-corrected chi connectivity index (χ3v) is 5.79. The number of nitrogens with one attached hydrogen (secondary N) is 1. The average molecular weight is 383 g/mol. The van der Waals surface area contributed by atoms with Gasteiger partial charge in [-0.2, -0.15) is 0 Å². The third kappa shape index (κ3) is 4.44. The Kier molecular flexibility index (Phi) is 6.12. The van der Waals surface area contributed by atoms with Crippen LogP contribution < -0.4 is 5.32 Å². The molecular weight excluding hydrogens is 352 g/mol. The zero-order chi connectivity index (χ0) is 20.1. The Bertz CT molecular complexity index is 1060. The molecule has 2 heteroatoms. The number of aryl methyl sites for hydroxylation is 1. The van der Waals surface area contributed by atoms with Gasteiger partial charge >= 0.3 is 0 Å². The van der Waals surface area contributed by atoms with Gasteiger partial charge in [0.25, 0.3) is 0 Å². The molecule has 0 unspecified atom stereocenters. The first-order valence-corrected chi connectivity index (χ1v) is 10.7. The van der Waals surface area contributed by atoms with Gasteiger partial charge in [-0.25, -0.2) is 0 Å². The molecule has 0 amide bonds. The molecule has 0 spiro atoms. The smallest absolute Gasteiger partial charge is 0.0486 e. The van der Waals surface area contributed by atoms with E-state index in [4.69, 9.17) is 0 Å². The number of para-hydroxylation sites is 1. The van der Waals surface area contributed by atoms with E-state index >= 15 is 0 Å². The Balaban J connectivity index is 1.60. The van der Waals surface area contributed by atoms with E-state index in [1.165, 1.54) is 39.6 Å². The molecule has 1 atom stereocenters. The van der Waals surface area contributed by atoms with Gasteiger partial charge in [-0.05, 0) is 41.7 Å². The Morgan fingerprint density at radius 2 is 1.55 bits per heavy atom. The molecule has 0 saturated carbocycles. The van der Waals surface area contributed by atoms with Gasteiger partial charge in [-0.1, -0.05) is 86.1 Å². The molecule has 2 nitrogen and oxygen atoms in total. The van der Waals surface area contributed by atoms with E-state index in [1.807, 2.05) is 0 Å². The normalized spacial score (nSPS) is 12.3. The van der Waals surface area contributed by atoms with Crippen molar-refractivity contribution in [2.75, 3.05) is 0 Å². The number of fused-ring (bicyclic) bond motifs is 1. The van der Waals surface area contributed by atoms with Crippen LogP contribution in [-0.4, -0.2) is 4.57 Å². The molecule has 1 heterocycles. The molecule has 4 rings (SSSR count). The molecule has 1 aromatic heterocycles. The molecule has 0 aliphatic heterocycles. The van der Waals surface area contributed by atoms with Gasteiger partial charge in [0.05, 0.1) is 0 Å². The van der Waals surface area contributed by atoms with Crippen LogP contribution in [0, 0.1) is 6.92 Å². The monoisotopic (exact) mass is 382 g/mol. The Hall–Kier alpha value is -2.84. The van der Waals surface area contributed by atoms with Crippen molar-refractivity contribution in [3.63, 3.8) is 0 Å². The number of nitrogens with zero attached hydrogens (tertiary/aromatic N) is 1. The summed E-state index contributed by atoms with van der Waals surface area (Å²) in [6.07, 6.45) is 4.64. The lowest BCUT2D eigenvalue weighted by Gasteiger charge is -2.18. The van der Waals surface area contributed by atoms with Crippen molar-refractivity contribution in [2.45, 2.75) is 45.8 Å². The largest absolute Gasteiger partial charge is 0.343 e. The number of hydrogen-bond donors (Lipinski definition) is 1. The molecular formula is C27H30N2. The van der Waals surface area contributed by atoms with Crippen LogP contribution in [0.1, 0.15) is 48.1 Å². The van der Waals surface area contributed by atoms with Crippen LogP contribution in [0.3, 0.4) is 0 Å². The Morgan fingerprint density at radius 1 is 0.828 bits per heavy atom. The van der Waals surface area contributed by atoms with Gasteiger partial charge in [-0.15, -0.1) is 0 Å². The number of hydrogen-bond acceptors (Lipinski definition) is 1. The minimum absolute atomic E-state index is 0.389. The number of benzene rings is 3. The van der Waals surface area contributed by atoms with Gasteiger partial charge in [0.2, 0.25) is 0 Å². The van der Waals surface area contributed by atoms with Crippen LogP contribution in [-0.2, 0) is 13.1 Å². The fraction of sp³-hybridized carbons (Fsp3) is 0.259. The second kappa shape index (κ2) is 9.11. The standard InChI is InChI=1S/C27H30N2/c1-3-11-26(22-13-5-4-6-14-22)28-18-24-20-29(27-17-10-9-16-25(24)27)19-23-15-8-7-12-21(23)2/h4-10,12-17,20,26,28H,3,11,18-19H2,1-2H3/t26-/m1/s1. The quantitative estimate of drug-likeness (QED) is 0.362. The maximum absolute atomic E-state index is 3.82. The number of rotatable bonds is 8. The van der Waals surface area contributed by atoms with E-state index in [0.717, 1.165) is 19.5 Å². The molecule has 0 bridgehead atoms. The predicted molar refractivity (Wildman–Crippen MR) is 123 cm³/mol. The van der Waals surface area contributed by atoms with E-state index < -0.39 is 0 Å². The SMILES string of the molecule is CCC[C@@H](NCc1cn(Cc2ccccc2C)c2ccccc12)c1ccccc1. The summed E-state index contributed by atoms with van der Waals surface area (Å²) in [4.78, 5) is 0. The lowest BCUT2D eigenvalue weighted by molar-refractivity contribution is 0.494. The van der Waals surface area contributed by atoms with E-state index in [0.29, 0.717) is 6.04 Å². The van der Waals surface area contributed by atoms with Crippen LogP contribution in [0.25, 0.3) is 10.9 Å². The highest BCUT2D eigenvalue weighted by Crippen LogP contribution is 2.25. The summed E-state index contributed by atoms with van der Waals surface area (Å²) in [5.41, 5.74) is 6.77. The molecule has 1 N–H and O–H groups in total. The first-order valence-electron chi connectivity index (χ1n) is 10.7. The van der Waals surface area contributed by atoms with Crippen molar-refractivity contribution >= 4 is 10.9 Å². The maximum Gasteiger partial charge on any atom is 0.0486 e. The predicted octanol–water partition coefficient (Wildman–Crippen LogP) is 6.63. The topological polar surface area (TPSA) is 17.0 Å². The van der Waals surface area contributed by atoms with Crippen LogP contribution in [0.5, 0.6) is 0 Å². The molecule has 0 saturated heterocycles. The van der Waals surface area contributed by atoms with Crippen molar-refractivity contribution in [3.8, 4) is 0 Å². The van der Waals surface area contributed by atoms with Crippen molar-refractivity contribution < 1.29 is 0 Å². The Labute approximate surface area is 174 Å². The fourth-order valence-corrected chi connectivity index (χ4v) is 4.16. The zero-order valence-corrected chi connectivity index (χ0v) is 17.4. The summed E-state index contributed by atoms with van der Waals surface area (Å²) >= 11 is 0. The number of aromatic nitrogens is 1. The van der Waals surface area contributed by atoms with Gasteiger partial charge in [0.15, 0.2) is 0 Å². The second-order valence-corrected chi connectivity index (χ2v) is 7.86. The van der Waals surface area contributed by atoms with Crippen molar-refractivity contribution in [2.24, 2.45) is 0 Å². The lowest BCUT2D eigenvalue weighted by atomic mass is 10.0. The molecule has 0 aliphatic carbocycles. The maximum atomic E-state index is 3.82.